The molecule has 1 aliphatic rings. The quantitative estimate of drug-likeness (QED) is 0.713. The molecule has 7 nitrogen and oxygen atoms in total. The number of hydrogen-bond acceptors (Lipinski definition) is 5. The smallest absolute Gasteiger partial charge is 0.266 e. The van der Waals surface area contributed by atoms with Gasteiger partial charge in [-0.1, -0.05) is 20.8 Å². The van der Waals surface area contributed by atoms with Crippen LogP contribution in [0.15, 0.2) is 35.3 Å². The third-order valence-corrected chi connectivity index (χ3v) is 5.16. The molecule has 4 rings (SSSR count). The second-order valence-corrected chi connectivity index (χ2v) is 8.34. The molecule has 142 valence electrons. The molecule has 1 aliphatic heterocycles. The zero-order chi connectivity index (χ0) is 19.2. The largest absolute Gasteiger partial charge is 0.352 e. The molecule has 1 saturated heterocycles. The Morgan fingerprint density at radius 3 is 2.81 bits per heavy atom. The molecule has 27 heavy (non-hydrogen) atoms. The third-order valence-electron chi connectivity index (χ3n) is 5.16. The molecule has 1 atom stereocenters. The van der Waals surface area contributed by atoms with E-state index in [2.05, 4.69) is 46.9 Å². The normalized spacial score (nSPS) is 17.8. The average Bonchev–Trinajstić information content (AvgIpc) is 3.24. The summed E-state index contributed by atoms with van der Waals surface area (Å²) in [4.78, 5) is 19.3. The minimum atomic E-state index is -0.0890. The van der Waals surface area contributed by atoms with E-state index in [9.17, 15) is 4.79 Å². The standard InChI is InChI=1S/C20H26N6O/c1-14-12-18(26-17(22-14)9-10-21-26)24-11-5-6-15(24)13-25-19(27)8-7-16(23-25)20(2,3)4/h7-10,12,15H,5-6,11,13H2,1-4H3. The van der Waals surface area contributed by atoms with Gasteiger partial charge in [-0.3, -0.25) is 4.79 Å². The van der Waals surface area contributed by atoms with Crippen LogP contribution in [0.4, 0.5) is 5.82 Å². The van der Waals surface area contributed by atoms with Crippen LogP contribution in [0.3, 0.4) is 0 Å². The summed E-state index contributed by atoms with van der Waals surface area (Å²) in [5.74, 6) is 1.03. The molecule has 7 heteroatoms. The Kier molecular flexibility index (Phi) is 4.25. The van der Waals surface area contributed by atoms with E-state index in [1.54, 1.807) is 16.9 Å². The van der Waals surface area contributed by atoms with Crippen molar-refractivity contribution in [3.05, 3.63) is 52.2 Å². The molecular weight excluding hydrogens is 340 g/mol. The number of anilines is 1. The molecule has 4 heterocycles. The summed E-state index contributed by atoms with van der Waals surface area (Å²) in [6.07, 6.45) is 3.88. The van der Waals surface area contributed by atoms with Gasteiger partial charge in [-0.15, -0.1) is 0 Å². The van der Waals surface area contributed by atoms with Gasteiger partial charge in [0.2, 0.25) is 0 Å². The fourth-order valence-corrected chi connectivity index (χ4v) is 3.73. The highest BCUT2D eigenvalue weighted by Gasteiger charge is 2.28. The zero-order valence-electron chi connectivity index (χ0n) is 16.4. The summed E-state index contributed by atoms with van der Waals surface area (Å²) in [7, 11) is 0. The first-order valence-electron chi connectivity index (χ1n) is 9.49. The lowest BCUT2D eigenvalue weighted by Gasteiger charge is -2.28. The summed E-state index contributed by atoms with van der Waals surface area (Å²) in [6.45, 7) is 9.85. The number of aryl methyl sites for hydroxylation is 1. The predicted molar refractivity (Wildman–Crippen MR) is 105 cm³/mol. The molecular formula is C20H26N6O. The fraction of sp³-hybridized carbons (Fsp3) is 0.500. The average molecular weight is 366 g/mol. The molecule has 3 aromatic rings. The Balaban J connectivity index is 1.69. The van der Waals surface area contributed by atoms with Gasteiger partial charge in [0.15, 0.2) is 5.65 Å². The second-order valence-electron chi connectivity index (χ2n) is 8.34. The minimum absolute atomic E-state index is 0.0509. The van der Waals surface area contributed by atoms with Crippen LogP contribution in [0.5, 0.6) is 0 Å². The lowest BCUT2D eigenvalue weighted by atomic mass is 9.92. The van der Waals surface area contributed by atoms with Gasteiger partial charge in [0, 0.05) is 35.9 Å². The summed E-state index contributed by atoms with van der Waals surface area (Å²) in [5, 5.41) is 9.09. The van der Waals surface area contributed by atoms with Crippen LogP contribution in [0.25, 0.3) is 5.65 Å². The van der Waals surface area contributed by atoms with Crippen LogP contribution in [0.2, 0.25) is 0 Å². The lowest BCUT2D eigenvalue weighted by Crippen LogP contribution is -2.38. The van der Waals surface area contributed by atoms with Crippen LogP contribution in [0.1, 0.15) is 45.0 Å². The van der Waals surface area contributed by atoms with Gasteiger partial charge in [-0.25, -0.2) is 9.67 Å². The van der Waals surface area contributed by atoms with E-state index in [4.69, 9.17) is 0 Å². The molecule has 1 fully saturated rings. The number of aromatic nitrogens is 5. The van der Waals surface area contributed by atoms with E-state index >= 15 is 0 Å². The van der Waals surface area contributed by atoms with Gasteiger partial charge in [0.1, 0.15) is 5.82 Å². The highest BCUT2D eigenvalue weighted by atomic mass is 16.1. The molecule has 3 aromatic heterocycles. The molecule has 0 bridgehead atoms. The Labute approximate surface area is 158 Å². The van der Waals surface area contributed by atoms with Crippen molar-refractivity contribution in [2.75, 3.05) is 11.4 Å². The molecule has 0 radical (unpaired) electrons. The number of hydrogen-bond donors (Lipinski definition) is 0. The second kappa shape index (κ2) is 6.48. The first kappa shape index (κ1) is 17.7. The third kappa shape index (κ3) is 3.34. The predicted octanol–water partition coefficient (Wildman–Crippen LogP) is 2.56. The molecule has 0 aromatic carbocycles. The van der Waals surface area contributed by atoms with Crippen molar-refractivity contribution in [2.45, 2.75) is 58.5 Å². The minimum Gasteiger partial charge on any atom is -0.352 e. The van der Waals surface area contributed by atoms with Crippen LogP contribution >= 0.6 is 0 Å². The molecule has 0 amide bonds. The number of fused-ring (bicyclic) bond motifs is 1. The molecule has 0 aliphatic carbocycles. The summed E-state index contributed by atoms with van der Waals surface area (Å²) in [6, 6.07) is 7.67. The highest BCUT2D eigenvalue weighted by Crippen LogP contribution is 2.27. The summed E-state index contributed by atoms with van der Waals surface area (Å²) in [5.41, 5.74) is 2.61. The van der Waals surface area contributed by atoms with Gasteiger partial charge < -0.3 is 4.90 Å². The Bertz CT molecular complexity index is 1030. The van der Waals surface area contributed by atoms with Crippen LogP contribution in [0, 0.1) is 6.92 Å². The van der Waals surface area contributed by atoms with Gasteiger partial charge in [-0.2, -0.15) is 14.7 Å². The monoisotopic (exact) mass is 366 g/mol. The van der Waals surface area contributed by atoms with Crippen molar-refractivity contribution >= 4 is 11.5 Å². The first-order valence-corrected chi connectivity index (χ1v) is 9.49. The van der Waals surface area contributed by atoms with Crippen molar-refractivity contribution in [3.8, 4) is 0 Å². The van der Waals surface area contributed by atoms with Crippen LogP contribution in [-0.4, -0.2) is 37.0 Å². The van der Waals surface area contributed by atoms with Gasteiger partial charge in [0.05, 0.1) is 24.5 Å². The van der Waals surface area contributed by atoms with Crippen molar-refractivity contribution < 1.29 is 0 Å². The van der Waals surface area contributed by atoms with E-state index in [0.717, 1.165) is 42.2 Å². The Morgan fingerprint density at radius 1 is 1.22 bits per heavy atom. The van der Waals surface area contributed by atoms with E-state index in [-0.39, 0.29) is 17.0 Å². The van der Waals surface area contributed by atoms with E-state index < -0.39 is 0 Å². The van der Waals surface area contributed by atoms with Crippen molar-refractivity contribution in [1.29, 1.82) is 0 Å². The maximum absolute atomic E-state index is 12.4. The lowest BCUT2D eigenvalue weighted by molar-refractivity contribution is 0.455. The van der Waals surface area contributed by atoms with Crippen molar-refractivity contribution in [2.24, 2.45) is 0 Å². The Hall–Kier alpha value is -2.70. The van der Waals surface area contributed by atoms with E-state index in [1.807, 2.05) is 23.6 Å². The van der Waals surface area contributed by atoms with E-state index in [1.165, 1.54) is 0 Å². The molecule has 0 N–H and O–H groups in total. The SMILES string of the molecule is Cc1cc(N2CCCC2Cn2nc(C(C)(C)C)ccc2=O)n2nccc2n1. The topological polar surface area (TPSA) is 68.3 Å². The number of rotatable bonds is 3. The van der Waals surface area contributed by atoms with Gasteiger partial charge in [-0.05, 0) is 25.8 Å². The summed E-state index contributed by atoms with van der Waals surface area (Å²) >= 11 is 0. The first-order chi connectivity index (χ1) is 12.8. The van der Waals surface area contributed by atoms with Crippen LogP contribution in [-0.2, 0) is 12.0 Å². The maximum Gasteiger partial charge on any atom is 0.266 e. The van der Waals surface area contributed by atoms with Crippen molar-refractivity contribution in [1.82, 2.24) is 24.4 Å². The fourth-order valence-electron chi connectivity index (χ4n) is 3.73. The maximum atomic E-state index is 12.4. The summed E-state index contributed by atoms with van der Waals surface area (Å²) < 4.78 is 3.50. The van der Waals surface area contributed by atoms with Crippen LogP contribution < -0.4 is 10.5 Å². The number of nitrogens with zero attached hydrogens (tertiary/aromatic N) is 6. The van der Waals surface area contributed by atoms with Gasteiger partial charge >= 0.3 is 0 Å². The Morgan fingerprint density at radius 2 is 2.04 bits per heavy atom. The van der Waals surface area contributed by atoms with Gasteiger partial charge in [0.25, 0.3) is 5.56 Å². The molecule has 1 unspecified atom stereocenters. The molecule has 0 spiro atoms. The van der Waals surface area contributed by atoms with E-state index in [0.29, 0.717) is 6.54 Å². The highest BCUT2D eigenvalue weighted by molar-refractivity contribution is 5.51. The molecule has 0 saturated carbocycles. The zero-order valence-corrected chi connectivity index (χ0v) is 16.4. The van der Waals surface area contributed by atoms with Crippen molar-refractivity contribution in [3.63, 3.8) is 0 Å².